The fourth-order valence-electron chi connectivity index (χ4n) is 2.88. The molecule has 132 valence electrons. The van der Waals surface area contributed by atoms with Gasteiger partial charge in [-0.3, -0.25) is 9.48 Å². The Morgan fingerprint density at radius 3 is 2.92 bits per heavy atom. The van der Waals surface area contributed by atoms with E-state index in [1.807, 2.05) is 41.9 Å². The third kappa shape index (κ3) is 3.73. The van der Waals surface area contributed by atoms with Crippen molar-refractivity contribution >= 4 is 16.8 Å². The van der Waals surface area contributed by atoms with Gasteiger partial charge in [-0.25, -0.2) is 0 Å². The van der Waals surface area contributed by atoms with Gasteiger partial charge in [0.05, 0.1) is 36.0 Å². The molecule has 0 radical (unpaired) electrons. The second kappa shape index (κ2) is 7.81. The molecule has 0 saturated heterocycles. The van der Waals surface area contributed by atoms with Gasteiger partial charge in [-0.1, -0.05) is 12.1 Å². The number of rotatable bonds is 6. The van der Waals surface area contributed by atoms with Gasteiger partial charge in [-0.15, -0.1) is 0 Å². The van der Waals surface area contributed by atoms with E-state index in [0.29, 0.717) is 30.8 Å². The van der Waals surface area contributed by atoms with Gasteiger partial charge in [0.2, 0.25) is 0 Å². The third-order valence-electron chi connectivity index (χ3n) is 4.18. The zero-order valence-electron chi connectivity index (χ0n) is 14.8. The number of nitrogens with zero attached hydrogens (tertiary/aromatic N) is 3. The van der Waals surface area contributed by atoms with Crippen molar-refractivity contribution < 1.29 is 9.53 Å². The maximum atomic E-state index is 12.2. The molecule has 0 aliphatic carbocycles. The van der Waals surface area contributed by atoms with E-state index in [1.54, 1.807) is 19.2 Å². The fourth-order valence-corrected chi connectivity index (χ4v) is 2.88. The van der Waals surface area contributed by atoms with E-state index in [1.165, 1.54) is 0 Å². The molecular formula is C20H20N4O2. The topological polar surface area (TPSA) is 79.9 Å². The average molecular weight is 348 g/mol. The molecule has 0 aliphatic heterocycles. The maximum Gasteiger partial charge on any atom is 0.251 e. The summed E-state index contributed by atoms with van der Waals surface area (Å²) >= 11 is 0. The van der Waals surface area contributed by atoms with Crippen molar-refractivity contribution in [3.63, 3.8) is 0 Å². The van der Waals surface area contributed by atoms with Crippen LogP contribution in [0.3, 0.4) is 0 Å². The summed E-state index contributed by atoms with van der Waals surface area (Å²) in [6.07, 6.45) is 0. The lowest BCUT2D eigenvalue weighted by atomic mass is 10.1. The smallest absolute Gasteiger partial charge is 0.251 e. The molecule has 6 nitrogen and oxygen atoms in total. The van der Waals surface area contributed by atoms with Crippen LogP contribution in [-0.4, -0.2) is 35.9 Å². The number of aryl methyl sites for hydroxylation is 1. The summed E-state index contributed by atoms with van der Waals surface area (Å²) < 4.78 is 6.84. The lowest BCUT2D eigenvalue weighted by Gasteiger charge is -2.06. The van der Waals surface area contributed by atoms with Crippen molar-refractivity contribution in [1.29, 1.82) is 5.26 Å². The number of hydrogen-bond donors (Lipinski definition) is 1. The van der Waals surface area contributed by atoms with Crippen LogP contribution < -0.4 is 5.32 Å². The Balaban J connectivity index is 1.87. The first-order chi connectivity index (χ1) is 12.6. The van der Waals surface area contributed by atoms with E-state index in [2.05, 4.69) is 16.5 Å². The Hall–Kier alpha value is -3.17. The molecule has 3 aromatic rings. The van der Waals surface area contributed by atoms with E-state index in [-0.39, 0.29) is 5.91 Å². The quantitative estimate of drug-likeness (QED) is 0.695. The van der Waals surface area contributed by atoms with Crippen LogP contribution in [0.15, 0.2) is 42.5 Å². The summed E-state index contributed by atoms with van der Waals surface area (Å²) in [5.41, 5.74) is 4.06. The Morgan fingerprint density at radius 1 is 1.31 bits per heavy atom. The second-order valence-corrected chi connectivity index (χ2v) is 6.04. The molecule has 1 N–H and O–H groups in total. The molecule has 6 heteroatoms. The summed E-state index contributed by atoms with van der Waals surface area (Å²) in [6, 6.07) is 15.2. The third-order valence-corrected chi connectivity index (χ3v) is 4.18. The maximum absolute atomic E-state index is 12.2. The van der Waals surface area contributed by atoms with Crippen LogP contribution in [0.2, 0.25) is 0 Å². The SMILES string of the molecule is COCCNC(=O)c1ccc2c(c1)c(C)nn2Cc1cccc(C#N)c1. The average Bonchev–Trinajstić information content (AvgIpc) is 2.97. The van der Waals surface area contributed by atoms with Crippen LogP contribution in [0, 0.1) is 18.3 Å². The molecule has 0 bridgehead atoms. The number of aromatic nitrogens is 2. The first-order valence-corrected chi connectivity index (χ1v) is 8.35. The van der Waals surface area contributed by atoms with E-state index >= 15 is 0 Å². The van der Waals surface area contributed by atoms with E-state index < -0.39 is 0 Å². The summed E-state index contributed by atoms with van der Waals surface area (Å²) in [5.74, 6) is -0.127. The minimum absolute atomic E-state index is 0.127. The molecule has 0 fully saturated rings. The number of benzene rings is 2. The minimum atomic E-state index is -0.127. The molecule has 0 saturated carbocycles. The lowest BCUT2D eigenvalue weighted by molar-refractivity contribution is 0.0937. The Kier molecular flexibility index (Phi) is 5.30. The highest BCUT2D eigenvalue weighted by Gasteiger charge is 2.12. The second-order valence-electron chi connectivity index (χ2n) is 6.04. The molecule has 1 aromatic heterocycles. The predicted octanol–water partition coefficient (Wildman–Crippen LogP) is 2.64. The predicted molar refractivity (Wildman–Crippen MR) is 98.9 cm³/mol. The molecule has 2 aromatic carbocycles. The Morgan fingerprint density at radius 2 is 2.15 bits per heavy atom. The van der Waals surface area contributed by atoms with E-state index in [0.717, 1.165) is 22.2 Å². The normalized spacial score (nSPS) is 10.7. The summed E-state index contributed by atoms with van der Waals surface area (Å²) in [5, 5.41) is 17.4. The molecule has 3 rings (SSSR count). The highest BCUT2D eigenvalue weighted by atomic mass is 16.5. The number of carbonyl (C=O) groups is 1. The molecule has 0 unspecified atom stereocenters. The standard InChI is InChI=1S/C20H20N4O2/c1-14-18-11-17(20(25)22-8-9-26-2)6-7-19(18)24(23-14)13-16-5-3-4-15(10-16)12-21/h3-7,10-11H,8-9,13H2,1-2H3,(H,22,25). The van der Waals surface area contributed by atoms with Gasteiger partial charge in [-0.05, 0) is 42.8 Å². The lowest BCUT2D eigenvalue weighted by Crippen LogP contribution is -2.26. The Labute approximate surface area is 152 Å². The van der Waals surface area contributed by atoms with Crippen molar-refractivity contribution in [2.75, 3.05) is 20.3 Å². The van der Waals surface area contributed by atoms with Crippen LogP contribution in [0.4, 0.5) is 0 Å². The molecule has 0 atom stereocenters. The zero-order chi connectivity index (χ0) is 18.5. The molecule has 1 amide bonds. The van der Waals surface area contributed by atoms with Gasteiger partial charge in [0.25, 0.3) is 5.91 Å². The van der Waals surface area contributed by atoms with Crippen molar-refractivity contribution in [2.45, 2.75) is 13.5 Å². The van der Waals surface area contributed by atoms with Crippen molar-refractivity contribution in [3.05, 3.63) is 64.8 Å². The number of ether oxygens (including phenoxy) is 1. The van der Waals surface area contributed by atoms with Crippen molar-refractivity contribution in [1.82, 2.24) is 15.1 Å². The van der Waals surface area contributed by atoms with E-state index in [9.17, 15) is 4.79 Å². The number of nitrogens with one attached hydrogen (secondary N) is 1. The number of hydrogen-bond acceptors (Lipinski definition) is 4. The summed E-state index contributed by atoms with van der Waals surface area (Å²) in [7, 11) is 1.60. The number of methoxy groups -OCH3 is 1. The van der Waals surface area contributed by atoms with Gasteiger partial charge in [-0.2, -0.15) is 10.4 Å². The van der Waals surface area contributed by atoms with Crippen LogP contribution in [0.1, 0.15) is 27.2 Å². The van der Waals surface area contributed by atoms with Gasteiger partial charge < -0.3 is 10.1 Å². The molecule has 1 heterocycles. The van der Waals surface area contributed by atoms with Crippen LogP contribution >= 0.6 is 0 Å². The zero-order valence-corrected chi connectivity index (χ0v) is 14.8. The van der Waals surface area contributed by atoms with Crippen LogP contribution in [-0.2, 0) is 11.3 Å². The first-order valence-electron chi connectivity index (χ1n) is 8.35. The minimum Gasteiger partial charge on any atom is -0.383 e. The fraction of sp³-hybridized carbons (Fsp3) is 0.250. The Bertz CT molecular complexity index is 985. The van der Waals surface area contributed by atoms with Gasteiger partial charge in [0.1, 0.15) is 0 Å². The van der Waals surface area contributed by atoms with Crippen molar-refractivity contribution in [3.8, 4) is 6.07 Å². The van der Waals surface area contributed by atoms with Gasteiger partial charge in [0, 0.05) is 24.6 Å². The largest absolute Gasteiger partial charge is 0.383 e. The van der Waals surface area contributed by atoms with E-state index in [4.69, 9.17) is 10.00 Å². The highest BCUT2D eigenvalue weighted by molar-refractivity contribution is 5.98. The number of carbonyl (C=O) groups excluding carboxylic acids is 1. The monoisotopic (exact) mass is 348 g/mol. The number of fused-ring (bicyclic) bond motifs is 1. The van der Waals surface area contributed by atoms with Gasteiger partial charge in [0.15, 0.2) is 0 Å². The number of amides is 1. The van der Waals surface area contributed by atoms with Crippen LogP contribution in [0.5, 0.6) is 0 Å². The number of nitriles is 1. The summed E-state index contributed by atoms with van der Waals surface area (Å²) in [6.45, 7) is 3.45. The van der Waals surface area contributed by atoms with Crippen LogP contribution in [0.25, 0.3) is 10.9 Å². The summed E-state index contributed by atoms with van der Waals surface area (Å²) in [4.78, 5) is 12.2. The molecule has 26 heavy (non-hydrogen) atoms. The first kappa shape index (κ1) is 17.6. The van der Waals surface area contributed by atoms with Gasteiger partial charge >= 0.3 is 0 Å². The molecular weight excluding hydrogens is 328 g/mol. The highest BCUT2D eigenvalue weighted by Crippen LogP contribution is 2.21. The van der Waals surface area contributed by atoms with Crippen molar-refractivity contribution in [2.24, 2.45) is 0 Å². The molecule has 0 spiro atoms. The molecule has 0 aliphatic rings.